The molecule has 1 aromatic carbocycles. The number of nitrogens with zero attached hydrogens (tertiary/aromatic N) is 2. The van der Waals surface area contributed by atoms with Crippen LogP contribution in [0.5, 0.6) is 5.75 Å². The molecule has 4 nitrogen and oxygen atoms in total. The van der Waals surface area contributed by atoms with Crippen molar-refractivity contribution in [1.29, 1.82) is 0 Å². The Morgan fingerprint density at radius 1 is 1.10 bits per heavy atom. The Labute approximate surface area is 128 Å². The standard InChI is InChI=1S/C17H28N2O2/c1-3-20-13-12-19-10-9-18(15-16(19)2)11-14-21-17-7-5-4-6-8-17/h4-8,16H,3,9-15H2,1-2H3. The van der Waals surface area contributed by atoms with Crippen LogP contribution in [-0.4, -0.2) is 68.4 Å². The minimum atomic E-state index is 0.593. The molecule has 21 heavy (non-hydrogen) atoms. The van der Waals surface area contributed by atoms with E-state index in [-0.39, 0.29) is 0 Å². The summed E-state index contributed by atoms with van der Waals surface area (Å²) in [6.45, 7) is 12.2. The van der Waals surface area contributed by atoms with Crippen LogP contribution in [0.3, 0.4) is 0 Å². The summed E-state index contributed by atoms with van der Waals surface area (Å²) in [5, 5.41) is 0. The summed E-state index contributed by atoms with van der Waals surface area (Å²) in [6, 6.07) is 10.6. The van der Waals surface area contributed by atoms with E-state index in [9.17, 15) is 0 Å². The topological polar surface area (TPSA) is 24.9 Å². The third-order valence-electron chi connectivity index (χ3n) is 4.00. The van der Waals surface area contributed by atoms with Gasteiger partial charge in [0.2, 0.25) is 0 Å². The molecular weight excluding hydrogens is 264 g/mol. The van der Waals surface area contributed by atoms with Crippen LogP contribution in [-0.2, 0) is 4.74 Å². The number of rotatable bonds is 8. The van der Waals surface area contributed by atoms with Crippen molar-refractivity contribution in [3.63, 3.8) is 0 Å². The number of benzene rings is 1. The summed E-state index contributed by atoms with van der Waals surface area (Å²) in [7, 11) is 0. The molecule has 0 aromatic heterocycles. The maximum absolute atomic E-state index is 5.77. The predicted molar refractivity (Wildman–Crippen MR) is 85.9 cm³/mol. The van der Waals surface area contributed by atoms with Crippen molar-refractivity contribution < 1.29 is 9.47 Å². The molecular formula is C17H28N2O2. The van der Waals surface area contributed by atoms with E-state index in [1.165, 1.54) is 0 Å². The Bertz CT molecular complexity index is 386. The van der Waals surface area contributed by atoms with E-state index >= 15 is 0 Å². The molecule has 118 valence electrons. The van der Waals surface area contributed by atoms with Crippen LogP contribution in [0.2, 0.25) is 0 Å². The van der Waals surface area contributed by atoms with Crippen LogP contribution >= 0.6 is 0 Å². The SMILES string of the molecule is CCOCCN1CCN(CCOc2ccccc2)CC1C. The zero-order valence-corrected chi connectivity index (χ0v) is 13.3. The highest BCUT2D eigenvalue weighted by Gasteiger charge is 2.22. The molecule has 1 atom stereocenters. The summed E-state index contributed by atoms with van der Waals surface area (Å²) in [4.78, 5) is 5.01. The third kappa shape index (κ3) is 5.65. The Balaban J connectivity index is 1.63. The molecule has 0 radical (unpaired) electrons. The smallest absolute Gasteiger partial charge is 0.119 e. The van der Waals surface area contributed by atoms with Crippen LogP contribution in [0.4, 0.5) is 0 Å². The molecule has 4 heteroatoms. The predicted octanol–water partition coefficient (Wildman–Crippen LogP) is 2.11. The largest absolute Gasteiger partial charge is 0.492 e. The summed E-state index contributed by atoms with van der Waals surface area (Å²) in [6.07, 6.45) is 0. The summed E-state index contributed by atoms with van der Waals surface area (Å²) in [5.41, 5.74) is 0. The van der Waals surface area contributed by atoms with Gasteiger partial charge in [-0.15, -0.1) is 0 Å². The molecule has 2 rings (SSSR count). The molecule has 0 amide bonds. The number of piperazine rings is 1. The minimum Gasteiger partial charge on any atom is -0.492 e. The molecule has 0 aliphatic carbocycles. The van der Waals surface area contributed by atoms with Gasteiger partial charge in [0.25, 0.3) is 0 Å². The van der Waals surface area contributed by atoms with Crippen molar-refractivity contribution in [1.82, 2.24) is 9.80 Å². The summed E-state index contributed by atoms with van der Waals surface area (Å²) >= 11 is 0. The monoisotopic (exact) mass is 292 g/mol. The first-order chi connectivity index (χ1) is 10.3. The number of para-hydroxylation sites is 1. The minimum absolute atomic E-state index is 0.593. The van der Waals surface area contributed by atoms with Crippen molar-refractivity contribution in [3.8, 4) is 5.75 Å². The van der Waals surface area contributed by atoms with E-state index in [0.717, 1.165) is 58.3 Å². The van der Waals surface area contributed by atoms with Crippen molar-refractivity contribution >= 4 is 0 Å². The van der Waals surface area contributed by atoms with Gasteiger partial charge >= 0.3 is 0 Å². The van der Waals surface area contributed by atoms with Crippen LogP contribution in [0.25, 0.3) is 0 Å². The van der Waals surface area contributed by atoms with Crippen LogP contribution in [0, 0.1) is 0 Å². The second kappa shape index (κ2) is 9.03. The molecule has 1 saturated heterocycles. The molecule has 1 unspecified atom stereocenters. The Kier molecular flexibility index (Phi) is 7.00. The summed E-state index contributed by atoms with van der Waals surface area (Å²) in [5.74, 6) is 0.959. The van der Waals surface area contributed by atoms with Crippen LogP contribution in [0.15, 0.2) is 30.3 Å². The lowest BCUT2D eigenvalue weighted by atomic mass is 10.2. The maximum Gasteiger partial charge on any atom is 0.119 e. The summed E-state index contributed by atoms with van der Waals surface area (Å²) < 4.78 is 11.2. The quantitative estimate of drug-likeness (QED) is 0.685. The first-order valence-electron chi connectivity index (χ1n) is 8.01. The lowest BCUT2D eigenvalue weighted by Gasteiger charge is -2.39. The molecule has 1 fully saturated rings. The number of ether oxygens (including phenoxy) is 2. The van der Waals surface area contributed by atoms with Crippen molar-refractivity contribution in [3.05, 3.63) is 30.3 Å². The maximum atomic E-state index is 5.77. The van der Waals surface area contributed by atoms with Gasteiger partial charge < -0.3 is 9.47 Å². The lowest BCUT2D eigenvalue weighted by Crippen LogP contribution is -2.53. The molecule has 1 aliphatic rings. The van der Waals surface area contributed by atoms with Gasteiger partial charge in [-0.1, -0.05) is 18.2 Å². The van der Waals surface area contributed by atoms with Gasteiger partial charge in [-0.2, -0.15) is 0 Å². The zero-order valence-electron chi connectivity index (χ0n) is 13.3. The fourth-order valence-electron chi connectivity index (χ4n) is 2.74. The Morgan fingerprint density at radius 3 is 2.62 bits per heavy atom. The number of hydrogen-bond acceptors (Lipinski definition) is 4. The average Bonchev–Trinajstić information content (AvgIpc) is 2.51. The molecule has 1 aromatic rings. The van der Waals surface area contributed by atoms with Crippen molar-refractivity contribution in [2.45, 2.75) is 19.9 Å². The average molecular weight is 292 g/mol. The van der Waals surface area contributed by atoms with Crippen LogP contribution < -0.4 is 4.74 Å². The van der Waals surface area contributed by atoms with E-state index in [0.29, 0.717) is 6.04 Å². The number of hydrogen-bond donors (Lipinski definition) is 0. The highest BCUT2D eigenvalue weighted by atomic mass is 16.5. The van der Waals surface area contributed by atoms with Gasteiger partial charge in [0.05, 0.1) is 6.61 Å². The van der Waals surface area contributed by atoms with Gasteiger partial charge in [0.15, 0.2) is 0 Å². The lowest BCUT2D eigenvalue weighted by molar-refractivity contribution is 0.0447. The van der Waals surface area contributed by atoms with Gasteiger partial charge in [-0.25, -0.2) is 0 Å². The van der Waals surface area contributed by atoms with E-state index in [4.69, 9.17) is 9.47 Å². The molecule has 0 N–H and O–H groups in total. The first-order valence-corrected chi connectivity index (χ1v) is 8.01. The highest BCUT2D eigenvalue weighted by Crippen LogP contribution is 2.11. The third-order valence-corrected chi connectivity index (χ3v) is 4.00. The second-order valence-corrected chi connectivity index (χ2v) is 5.54. The van der Waals surface area contributed by atoms with Gasteiger partial charge in [-0.05, 0) is 26.0 Å². The Hall–Kier alpha value is -1.10. The van der Waals surface area contributed by atoms with E-state index in [1.807, 2.05) is 37.3 Å². The van der Waals surface area contributed by atoms with Crippen molar-refractivity contribution in [2.75, 3.05) is 52.5 Å². The molecule has 1 aliphatic heterocycles. The van der Waals surface area contributed by atoms with E-state index in [2.05, 4.69) is 16.7 Å². The molecule has 0 bridgehead atoms. The van der Waals surface area contributed by atoms with Gasteiger partial charge in [-0.3, -0.25) is 9.80 Å². The van der Waals surface area contributed by atoms with Crippen LogP contribution in [0.1, 0.15) is 13.8 Å². The van der Waals surface area contributed by atoms with Crippen molar-refractivity contribution in [2.24, 2.45) is 0 Å². The highest BCUT2D eigenvalue weighted by molar-refractivity contribution is 5.20. The zero-order chi connectivity index (χ0) is 14.9. The molecule has 0 spiro atoms. The molecule has 1 heterocycles. The first kappa shape index (κ1) is 16.3. The van der Waals surface area contributed by atoms with E-state index in [1.54, 1.807) is 0 Å². The second-order valence-electron chi connectivity index (χ2n) is 5.54. The fourth-order valence-corrected chi connectivity index (χ4v) is 2.74. The Morgan fingerprint density at radius 2 is 1.90 bits per heavy atom. The normalized spacial score (nSPS) is 20.6. The molecule has 0 saturated carbocycles. The van der Waals surface area contributed by atoms with Gasteiger partial charge in [0, 0.05) is 45.4 Å². The van der Waals surface area contributed by atoms with Gasteiger partial charge in [0.1, 0.15) is 12.4 Å². The fraction of sp³-hybridized carbons (Fsp3) is 0.647. The van der Waals surface area contributed by atoms with E-state index < -0.39 is 0 Å².